The Balaban J connectivity index is 2.60. The van der Waals surface area contributed by atoms with Crippen LogP contribution >= 0.6 is 0 Å². The lowest BCUT2D eigenvalue weighted by atomic mass is 9.94. The summed E-state index contributed by atoms with van der Waals surface area (Å²) in [6, 6.07) is 0.0780. The summed E-state index contributed by atoms with van der Waals surface area (Å²) in [6.07, 6.45) is 0.508. The Labute approximate surface area is 122 Å². The van der Waals surface area contributed by atoms with E-state index in [-0.39, 0.29) is 18.0 Å². The molecular formula is C15H28N2O3. The first-order chi connectivity index (χ1) is 8.92. The van der Waals surface area contributed by atoms with E-state index in [9.17, 15) is 9.59 Å². The Hall–Kier alpha value is -1.26. The molecule has 20 heavy (non-hydrogen) atoms. The molecule has 1 fully saturated rings. The number of ether oxygens (including phenoxy) is 1. The van der Waals surface area contributed by atoms with Gasteiger partial charge in [0, 0.05) is 25.6 Å². The smallest absolute Gasteiger partial charge is 0.410 e. The van der Waals surface area contributed by atoms with Crippen molar-refractivity contribution in [3.63, 3.8) is 0 Å². The van der Waals surface area contributed by atoms with Gasteiger partial charge in [-0.25, -0.2) is 4.79 Å². The first kappa shape index (κ1) is 16.8. The summed E-state index contributed by atoms with van der Waals surface area (Å²) in [7, 11) is 1.82. The summed E-state index contributed by atoms with van der Waals surface area (Å²) in [5.41, 5.74) is -0.879. The Morgan fingerprint density at radius 3 is 2.15 bits per heavy atom. The molecule has 0 saturated carbocycles. The molecule has 5 heteroatoms. The lowest BCUT2D eigenvalue weighted by molar-refractivity contribution is -0.140. The molecular weight excluding hydrogens is 256 g/mol. The molecule has 0 unspecified atom stereocenters. The number of nitrogens with zero attached hydrogens (tertiary/aromatic N) is 2. The first-order valence-electron chi connectivity index (χ1n) is 7.17. The minimum absolute atomic E-state index is 0.0780. The molecule has 1 saturated heterocycles. The maximum atomic E-state index is 12.2. The highest BCUT2D eigenvalue weighted by Gasteiger charge is 2.36. The Morgan fingerprint density at radius 2 is 1.70 bits per heavy atom. The van der Waals surface area contributed by atoms with Crippen LogP contribution in [0.1, 0.15) is 48.0 Å². The summed E-state index contributed by atoms with van der Waals surface area (Å²) in [6.45, 7) is 12.5. The van der Waals surface area contributed by atoms with Crippen LogP contribution in [0.25, 0.3) is 0 Å². The normalized spacial score (nSPS) is 19.9. The van der Waals surface area contributed by atoms with E-state index >= 15 is 0 Å². The van der Waals surface area contributed by atoms with Crippen LogP contribution in [0, 0.1) is 5.41 Å². The van der Waals surface area contributed by atoms with Crippen LogP contribution < -0.4 is 0 Å². The second kappa shape index (κ2) is 5.62. The zero-order valence-corrected chi connectivity index (χ0v) is 13.8. The molecule has 1 atom stereocenters. The monoisotopic (exact) mass is 284 g/mol. The molecule has 1 heterocycles. The Bertz CT molecular complexity index is 380. The van der Waals surface area contributed by atoms with E-state index in [0.29, 0.717) is 13.1 Å². The van der Waals surface area contributed by atoms with Crippen molar-refractivity contribution in [2.75, 3.05) is 20.1 Å². The van der Waals surface area contributed by atoms with Gasteiger partial charge < -0.3 is 14.5 Å². The number of amides is 2. The summed E-state index contributed by atoms with van der Waals surface area (Å²) in [5.74, 6) is 0.105. The zero-order valence-electron chi connectivity index (χ0n) is 13.8. The van der Waals surface area contributed by atoms with Crippen LogP contribution in [-0.4, -0.2) is 53.6 Å². The maximum absolute atomic E-state index is 12.2. The number of likely N-dealkylation sites (N-methyl/N-ethyl adjacent to an activating group) is 1. The molecule has 1 aliphatic heterocycles. The van der Waals surface area contributed by atoms with Crippen LogP contribution in [0.2, 0.25) is 0 Å². The largest absolute Gasteiger partial charge is 0.444 e. The fraction of sp³-hybridized carbons (Fsp3) is 0.867. The van der Waals surface area contributed by atoms with Crippen molar-refractivity contribution in [3.05, 3.63) is 0 Å². The van der Waals surface area contributed by atoms with Crippen molar-refractivity contribution in [1.29, 1.82) is 0 Å². The van der Waals surface area contributed by atoms with E-state index < -0.39 is 11.0 Å². The van der Waals surface area contributed by atoms with Gasteiger partial charge in [0.05, 0.1) is 6.04 Å². The van der Waals surface area contributed by atoms with E-state index in [4.69, 9.17) is 4.74 Å². The van der Waals surface area contributed by atoms with Crippen molar-refractivity contribution < 1.29 is 14.3 Å². The lowest BCUT2D eigenvalue weighted by Crippen LogP contribution is -2.45. The average molecular weight is 284 g/mol. The van der Waals surface area contributed by atoms with Gasteiger partial charge in [-0.15, -0.1) is 0 Å². The molecule has 116 valence electrons. The number of likely N-dealkylation sites (tertiary alicyclic amines) is 1. The van der Waals surface area contributed by atoms with Gasteiger partial charge >= 0.3 is 6.09 Å². The molecule has 0 spiro atoms. The van der Waals surface area contributed by atoms with Gasteiger partial charge in [-0.1, -0.05) is 20.8 Å². The molecule has 0 aromatic heterocycles. The lowest BCUT2D eigenvalue weighted by Gasteiger charge is -2.31. The van der Waals surface area contributed by atoms with Gasteiger partial charge in [0.15, 0.2) is 0 Å². The second-order valence-corrected chi connectivity index (χ2v) is 7.53. The highest BCUT2D eigenvalue weighted by atomic mass is 16.6. The molecule has 0 aromatic rings. The highest BCUT2D eigenvalue weighted by molar-refractivity contribution is 5.81. The molecule has 0 aromatic carbocycles. The van der Waals surface area contributed by atoms with Crippen molar-refractivity contribution in [2.45, 2.75) is 59.6 Å². The SMILES string of the molecule is CN(C(=O)C(C)(C)C)[C@@H]1CCN(C(=O)OC(C)(C)C)C1. The van der Waals surface area contributed by atoms with Crippen LogP contribution in [0.3, 0.4) is 0 Å². The number of carbonyl (C=O) groups is 2. The van der Waals surface area contributed by atoms with Crippen LogP contribution in [0.15, 0.2) is 0 Å². The maximum Gasteiger partial charge on any atom is 0.410 e. The molecule has 2 amide bonds. The van der Waals surface area contributed by atoms with E-state index in [2.05, 4.69) is 0 Å². The van der Waals surface area contributed by atoms with Crippen molar-refractivity contribution in [2.24, 2.45) is 5.41 Å². The number of carbonyl (C=O) groups excluding carboxylic acids is 2. The minimum Gasteiger partial charge on any atom is -0.444 e. The first-order valence-corrected chi connectivity index (χ1v) is 7.17. The number of hydrogen-bond donors (Lipinski definition) is 0. The highest BCUT2D eigenvalue weighted by Crippen LogP contribution is 2.23. The van der Waals surface area contributed by atoms with E-state index in [1.54, 1.807) is 9.80 Å². The molecule has 1 rings (SSSR count). The van der Waals surface area contributed by atoms with E-state index in [1.807, 2.05) is 48.6 Å². The second-order valence-electron chi connectivity index (χ2n) is 7.53. The fourth-order valence-electron chi connectivity index (χ4n) is 2.25. The van der Waals surface area contributed by atoms with Crippen LogP contribution in [0.5, 0.6) is 0 Å². The van der Waals surface area contributed by atoms with E-state index in [0.717, 1.165) is 6.42 Å². The molecule has 0 radical (unpaired) electrons. The molecule has 0 N–H and O–H groups in total. The Morgan fingerprint density at radius 1 is 1.15 bits per heavy atom. The third-order valence-corrected chi connectivity index (χ3v) is 3.32. The van der Waals surface area contributed by atoms with Gasteiger partial charge in [-0.2, -0.15) is 0 Å². The Kier molecular flexibility index (Phi) is 4.72. The molecule has 5 nitrogen and oxygen atoms in total. The summed E-state index contributed by atoms with van der Waals surface area (Å²) < 4.78 is 5.36. The fourth-order valence-corrected chi connectivity index (χ4v) is 2.25. The molecule has 1 aliphatic rings. The summed E-state index contributed by atoms with van der Waals surface area (Å²) >= 11 is 0. The van der Waals surface area contributed by atoms with Crippen molar-refractivity contribution in [1.82, 2.24) is 9.80 Å². The number of hydrogen-bond acceptors (Lipinski definition) is 3. The topological polar surface area (TPSA) is 49.9 Å². The summed E-state index contributed by atoms with van der Waals surface area (Å²) in [5, 5.41) is 0. The minimum atomic E-state index is -0.484. The summed E-state index contributed by atoms with van der Waals surface area (Å²) in [4.78, 5) is 27.7. The molecule has 0 aliphatic carbocycles. The predicted octanol–water partition coefficient (Wildman–Crippen LogP) is 2.50. The number of rotatable bonds is 1. The van der Waals surface area contributed by atoms with Crippen LogP contribution in [0.4, 0.5) is 4.79 Å². The predicted molar refractivity (Wildman–Crippen MR) is 78.4 cm³/mol. The van der Waals surface area contributed by atoms with Crippen molar-refractivity contribution >= 4 is 12.0 Å². The molecule has 0 bridgehead atoms. The van der Waals surface area contributed by atoms with E-state index in [1.165, 1.54) is 0 Å². The van der Waals surface area contributed by atoms with Gasteiger partial charge in [0.25, 0.3) is 0 Å². The van der Waals surface area contributed by atoms with Gasteiger partial charge in [-0.3, -0.25) is 4.79 Å². The van der Waals surface area contributed by atoms with Gasteiger partial charge in [-0.05, 0) is 27.2 Å². The third kappa shape index (κ3) is 4.39. The quantitative estimate of drug-likeness (QED) is 0.743. The zero-order chi connectivity index (χ0) is 15.7. The van der Waals surface area contributed by atoms with Gasteiger partial charge in [0.2, 0.25) is 5.91 Å². The van der Waals surface area contributed by atoms with Crippen LogP contribution in [-0.2, 0) is 9.53 Å². The van der Waals surface area contributed by atoms with Gasteiger partial charge in [0.1, 0.15) is 5.60 Å². The average Bonchev–Trinajstić information content (AvgIpc) is 2.72. The van der Waals surface area contributed by atoms with Crippen molar-refractivity contribution in [3.8, 4) is 0 Å². The standard InChI is InChI=1S/C15H28N2O3/c1-14(2,3)12(18)16(7)11-8-9-17(10-11)13(19)20-15(4,5)6/h11H,8-10H2,1-7H3/t11-/m1/s1. The third-order valence-electron chi connectivity index (χ3n) is 3.32.